The fourth-order valence-electron chi connectivity index (χ4n) is 3.14. The average Bonchev–Trinajstić information content (AvgIpc) is 3.28. The summed E-state index contributed by atoms with van der Waals surface area (Å²) in [6.07, 6.45) is 0. The van der Waals surface area contributed by atoms with Gasteiger partial charge in [0, 0.05) is 11.8 Å². The third-order valence-corrected chi connectivity index (χ3v) is 5.56. The minimum Gasteiger partial charge on any atom is -0.497 e. The second-order valence-corrected chi connectivity index (χ2v) is 7.40. The van der Waals surface area contributed by atoms with Gasteiger partial charge >= 0.3 is 0 Å². The van der Waals surface area contributed by atoms with Gasteiger partial charge in [-0.25, -0.2) is 4.98 Å². The van der Waals surface area contributed by atoms with E-state index in [4.69, 9.17) is 9.47 Å². The van der Waals surface area contributed by atoms with E-state index in [1.807, 2.05) is 43.3 Å². The maximum atomic E-state index is 13.1. The standard InChI is InChI=1S/C21H20N4O3S/c1-12(22-16-11-14(27-3)9-10-17(16)28-4)19-13(2)24-25(20(19)26)21-23-15-7-5-6-8-18(15)29-21/h5-11,22,24H,2H2,1,3-4H3/b19-12+. The highest BCUT2D eigenvalue weighted by Gasteiger charge is 2.13. The number of para-hydroxylation sites is 1. The number of nitrogens with one attached hydrogen (secondary N) is 2. The normalized spacial score (nSPS) is 12.1. The molecule has 0 amide bonds. The number of methoxy groups -OCH3 is 2. The molecule has 0 unspecified atom stereocenters. The topological polar surface area (TPSA) is 81.2 Å². The largest absolute Gasteiger partial charge is 0.497 e. The molecule has 0 atom stereocenters. The summed E-state index contributed by atoms with van der Waals surface area (Å²) in [5.74, 6) is 1.31. The molecule has 0 saturated heterocycles. The maximum absolute atomic E-state index is 13.1. The van der Waals surface area contributed by atoms with Crippen LogP contribution in [0.15, 0.2) is 47.3 Å². The molecule has 0 aliphatic carbocycles. The van der Waals surface area contributed by atoms with Gasteiger partial charge in [0.1, 0.15) is 11.5 Å². The molecule has 4 aromatic rings. The zero-order valence-corrected chi connectivity index (χ0v) is 17.1. The van der Waals surface area contributed by atoms with Crippen LogP contribution in [0.4, 0.5) is 5.69 Å². The molecule has 2 aromatic heterocycles. The lowest BCUT2D eigenvalue weighted by Crippen LogP contribution is -2.37. The lowest BCUT2D eigenvalue weighted by Gasteiger charge is -2.12. The van der Waals surface area contributed by atoms with Gasteiger partial charge in [0.25, 0.3) is 5.56 Å². The Kier molecular flexibility index (Phi) is 4.85. The van der Waals surface area contributed by atoms with Crippen LogP contribution in [0.1, 0.15) is 6.92 Å². The van der Waals surface area contributed by atoms with Gasteiger partial charge in [0.05, 0.1) is 40.7 Å². The number of thiazole rings is 1. The molecule has 0 spiro atoms. The van der Waals surface area contributed by atoms with Crippen molar-refractivity contribution in [3.63, 3.8) is 0 Å². The Labute approximate surface area is 170 Å². The fraction of sp³-hybridized carbons (Fsp3) is 0.143. The SMILES string of the molecule is C=c1[nH]n(-c2nc3ccccc3s2)c(=O)/c1=C(\C)Nc1cc(OC)ccc1OC. The van der Waals surface area contributed by atoms with Crippen molar-refractivity contribution in [3.8, 4) is 16.6 Å². The van der Waals surface area contributed by atoms with Crippen molar-refractivity contribution in [2.45, 2.75) is 6.92 Å². The second kappa shape index (κ2) is 7.48. The van der Waals surface area contributed by atoms with E-state index in [2.05, 4.69) is 22.0 Å². The van der Waals surface area contributed by atoms with Crippen molar-refractivity contribution in [2.75, 3.05) is 19.5 Å². The van der Waals surface area contributed by atoms with Crippen molar-refractivity contribution in [2.24, 2.45) is 0 Å². The first-order valence-corrected chi connectivity index (χ1v) is 9.69. The zero-order chi connectivity index (χ0) is 20.5. The number of nitrogens with zero attached hydrogens (tertiary/aromatic N) is 2. The minimum absolute atomic E-state index is 0.221. The molecule has 148 valence electrons. The molecule has 0 radical (unpaired) electrons. The highest BCUT2D eigenvalue weighted by Crippen LogP contribution is 2.29. The van der Waals surface area contributed by atoms with Gasteiger partial charge in [-0.3, -0.25) is 9.89 Å². The summed E-state index contributed by atoms with van der Waals surface area (Å²) in [6.45, 7) is 5.82. The zero-order valence-electron chi connectivity index (χ0n) is 16.3. The van der Waals surface area contributed by atoms with E-state index in [-0.39, 0.29) is 5.56 Å². The summed E-state index contributed by atoms with van der Waals surface area (Å²) in [5.41, 5.74) is 1.96. The molecule has 2 heterocycles. The quantitative estimate of drug-likeness (QED) is 0.530. The van der Waals surface area contributed by atoms with Crippen LogP contribution in [0.5, 0.6) is 11.5 Å². The van der Waals surface area contributed by atoms with Crippen molar-refractivity contribution in [3.05, 3.63) is 63.4 Å². The minimum atomic E-state index is -0.221. The van der Waals surface area contributed by atoms with Crippen LogP contribution in [0.3, 0.4) is 0 Å². The molecule has 7 nitrogen and oxygen atoms in total. The molecule has 0 aliphatic heterocycles. The Morgan fingerprint density at radius 2 is 2.00 bits per heavy atom. The van der Waals surface area contributed by atoms with Crippen LogP contribution < -0.4 is 30.9 Å². The number of anilines is 1. The van der Waals surface area contributed by atoms with Gasteiger partial charge in [-0.05, 0) is 31.2 Å². The molecule has 2 aromatic carbocycles. The Hall–Kier alpha value is -3.52. The fourth-order valence-corrected chi connectivity index (χ4v) is 4.06. The number of aromatic amines is 1. The smallest absolute Gasteiger partial charge is 0.282 e. The first-order valence-electron chi connectivity index (χ1n) is 8.87. The molecule has 0 aliphatic rings. The van der Waals surface area contributed by atoms with Crippen LogP contribution in [0.2, 0.25) is 0 Å². The third kappa shape index (κ3) is 3.38. The highest BCUT2D eigenvalue weighted by atomic mass is 32.1. The Morgan fingerprint density at radius 3 is 2.72 bits per heavy atom. The van der Waals surface area contributed by atoms with Crippen molar-refractivity contribution in [1.29, 1.82) is 0 Å². The van der Waals surface area contributed by atoms with E-state index >= 15 is 0 Å². The summed E-state index contributed by atoms with van der Waals surface area (Å²) >= 11 is 1.44. The Morgan fingerprint density at radius 1 is 1.21 bits per heavy atom. The first-order chi connectivity index (χ1) is 14.0. The van der Waals surface area contributed by atoms with E-state index in [1.165, 1.54) is 16.0 Å². The maximum Gasteiger partial charge on any atom is 0.282 e. The number of benzene rings is 2. The number of H-pyrrole nitrogens is 1. The molecule has 4 rings (SSSR count). The number of aromatic nitrogens is 3. The van der Waals surface area contributed by atoms with E-state index in [1.54, 1.807) is 20.3 Å². The lowest BCUT2D eigenvalue weighted by atomic mass is 10.2. The van der Waals surface area contributed by atoms with Gasteiger partial charge in [-0.2, -0.15) is 4.68 Å². The molecular formula is C21H20N4O3S. The van der Waals surface area contributed by atoms with E-state index < -0.39 is 0 Å². The number of fused-ring (bicyclic) bond motifs is 1. The third-order valence-electron chi connectivity index (χ3n) is 4.54. The number of hydrogen-bond donors (Lipinski definition) is 2. The van der Waals surface area contributed by atoms with E-state index in [9.17, 15) is 4.79 Å². The van der Waals surface area contributed by atoms with Crippen LogP contribution in [0, 0.1) is 0 Å². The summed E-state index contributed by atoms with van der Waals surface area (Å²) in [6, 6.07) is 13.2. The van der Waals surface area contributed by atoms with Gasteiger partial charge < -0.3 is 14.8 Å². The summed E-state index contributed by atoms with van der Waals surface area (Å²) in [4.78, 5) is 17.7. The number of rotatable bonds is 5. The summed E-state index contributed by atoms with van der Waals surface area (Å²) < 4.78 is 13.1. The van der Waals surface area contributed by atoms with Gasteiger partial charge in [-0.1, -0.05) is 30.0 Å². The van der Waals surface area contributed by atoms with E-state index in [0.29, 0.717) is 38.6 Å². The molecule has 29 heavy (non-hydrogen) atoms. The van der Waals surface area contributed by atoms with Crippen LogP contribution in [-0.2, 0) is 0 Å². The molecule has 2 N–H and O–H groups in total. The molecular weight excluding hydrogens is 388 g/mol. The van der Waals surface area contributed by atoms with Gasteiger partial charge in [0.2, 0.25) is 5.13 Å². The average molecular weight is 408 g/mol. The van der Waals surface area contributed by atoms with Crippen LogP contribution in [-0.4, -0.2) is 29.0 Å². The Bertz CT molecular complexity index is 1330. The number of hydrogen-bond acceptors (Lipinski definition) is 6. The van der Waals surface area contributed by atoms with Crippen molar-refractivity contribution in [1.82, 2.24) is 14.8 Å². The first kappa shape index (κ1) is 18.8. The number of ether oxygens (including phenoxy) is 2. The second-order valence-electron chi connectivity index (χ2n) is 6.39. The lowest BCUT2D eigenvalue weighted by molar-refractivity contribution is 0.405. The van der Waals surface area contributed by atoms with Crippen LogP contribution >= 0.6 is 11.3 Å². The monoisotopic (exact) mass is 408 g/mol. The molecule has 0 bridgehead atoms. The molecule has 0 fully saturated rings. The summed E-state index contributed by atoms with van der Waals surface area (Å²) in [5, 5.41) is 7.80. The predicted molar refractivity (Wildman–Crippen MR) is 117 cm³/mol. The summed E-state index contributed by atoms with van der Waals surface area (Å²) in [7, 11) is 3.19. The van der Waals surface area contributed by atoms with Crippen molar-refractivity contribution >= 4 is 39.5 Å². The van der Waals surface area contributed by atoms with Gasteiger partial charge in [-0.15, -0.1) is 0 Å². The molecule has 0 saturated carbocycles. The van der Waals surface area contributed by atoms with E-state index in [0.717, 1.165) is 10.2 Å². The Balaban J connectivity index is 1.82. The molecule has 8 heteroatoms. The van der Waals surface area contributed by atoms with Crippen LogP contribution in [0.25, 0.3) is 27.6 Å². The highest BCUT2D eigenvalue weighted by molar-refractivity contribution is 7.20. The van der Waals surface area contributed by atoms with Crippen molar-refractivity contribution < 1.29 is 9.47 Å². The van der Waals surface area contributed by atoms with Gasteiger partial charge in [0.15, 0.2) is 0 Å². The predicted octanol–water partition coefficient (Wildman–Crippen LogP) is 2.44.